The molecular formula is C15H26N2O2. The first-order valence-corrected chi connectivity index (χ1v) is 7.18. The summed E-state index contributed by atoms with van der Waals surface area (Å²) in [6.45, 7) is 9.16. The molecule has 4 nitrogen and oxygen atoms in total. The van der Waals surface area contributed by atoms with E-state index in [1.54, 1.807) is 0 Å². The molecule has 0 radical (unpaired) electrons. The maximum absolute atomic E-state index is 5.50. The Morgan fingerprint density at radius 2 is 1.95 bits per heavy atom. The van der Waals surface area contributed by atoms with Gasteiger partial charge in [0.2, 0.25) is 0 Å². The van der Waals surface area contributed by atoms with Gasteiger partial charge in [-0.25, -0.2) is 0 Å². The van der Waals surface area contributed by atoms with Crippen molar-refractivity contribution in [1.82, 2.24) is 10.3 Å². The Kier molecular flexibility index (Phi) is 8.38. The fraction of sp³-hybridized carbons (Fsp3) is 0.667. The topological polar surface area (TPSA) is 43.4 Å². The SMILES string of the molecule is CCOC(CCNCc1ncccc1CC)OCC. The van der Waals surface area contributed by atoms with E-state index in [1.165, 1.54) is 5.56 Å². The third kappa shape index (κ3) is 6.14. The monoisotopic (exact) mass is 266 g/mol. The lowest BCUT2D eigenvalue weighted by molar-refractivity contribution is -0.138. The van der Waals surface area contributed by atoms with Gasteiger partial charge in [-0.2, -0.15) is 0 Å². The smallest absolute Gasteiger partial charge is 0.158 e. The van der Waals surface area contributed by atoms with Gasteiger partial charge in [-0.1, -0.05) is 13.0 Å². The summed E-state index contributed by atoms with van der Waals surface area (Å²) in [5.74, 6) is 0. The minimum atomic E-state index is -0.100. The molecule has 0 fully saturated rings. The zero-order chi connectivity index (χ0) is 13.9. The molecule has 19 heavy (non-hydrogen) atoms. The van der Waals surface area contributed by atoms with Crippen LogP contribution in [0, 0.1) is 0 Å². The van der Waals surface area contributed by atoms with E-state index >= 15 is 0 Å². The summed E-state index contributed by atoms with van der Waals surface area (Å²) in [5.41, 5.74) is 2.44. The average Bonchev–Trinajstić information content (AvgIpc) is 2.44. The summed E-state index contributed by atoms with van der Waals surface area (Å²) < 4.78 is 11.0. The van der Waals surface area contributed by atoms with Gasteiger partial charge < -0.3 is 14.8 Å². The molecule has 0 atom stereocenters. The second kappa shape index (κ2) is 9.89. The highest BCUT2D eigenvalue weighted by molar-refractivity contribution is 5.19. The molecule has 1 rings (SSSR count). The minimum Gasteiger partial charge on any atom is -0.353 e. The molecule has 1 heterocycles. The molecule has 1 aromatic rings. The van der Waals surface area contributed by atoms with Gasteiger partial charge in [0.1, 0.15) is 0 Å². The van der Waals surface area contributed by atoms with Crippen molar-refractivity contribution in [3.63, 3.8) is 0 Å². The number of rotatable bonds is 10. The van der Waals surface area contributed by atoms with E-state index in [4.69, 9.17) is 9.47 Å². The Labute approximate surface area is 116 Å². The van der Waals surface area contributed by atoms with Crippen LogP contribution in [0.15, 0.2) is 18.3 Å². The second-order valence-electron chi connectivity index (χ2n) is 4.27. The highest BCUT2D eigenvalue weighted by atomic mass is 16.7. The van der Waals surface area contributed by atoms with Gasteiger partial charge in [0, 0.05) is 38.9 Å². The number of nitrogens with zero attached hydrogens (tertiary/aromatic N) is 1. The molecule has 0 saturated heterocycles. The number of pyridine rings is 1. The molecule has 1 N–H and O–H groups in total. The van der Waals surface area contributed by atoms with Gasteiger partial charge in [0.15, 0.2) is 6.29 Å². The molecule has 0 saturated carbocycles. The number of hydrogen-bond donors (Lipinski definition) is 1. The van der Waals surface area contributed by atoms with Crippen molar-refractivity contribution in [2.45, 2.75) is 46.4 Å². The van der Waals surface area contributed by atoms with E-state index in [2.05, 4.69) is 23.3 Å². The highest BCUT2D eigenvalue weighted by Crippen LogP contribution is 2.06. The summed E-state index contributed by atoms with van der Waals surface area (Å²) in [5, 5.41) is 3.40. The molecule has 0 unspecified atom stereocenters. The number of aromatic nitrogens is 1. The summed E-state index contributed by atoms with van der Waals surface area (Å²) >= 11 is 0. The molecule has 0 aliphatic rings. The zero-order valence-electron chi connectivity index (χ0n) is 12.3. The molecular weight excluding hydrogens is 240 g/mol. The van der Waals surface area contributed by atoms with Crippen LogP contribution in [0.2, 0.25) is 0 Å². The third-order valence-electron chi connectivity index (χ3n) is 2.92. The van der Waals surface area contributed by atoms with Crippen LogP contribution in [-0.2, 0) is 22.4 Å². The van der Waals surface area contributed by atoms with E-state index in [-0.39, 0.29) is 6.29 Å². The Hall–Kier alpha value is -0.970. The van der Waals surface area contributed by atoms with E-state index in [0.717, 1.165) is 31.6 Å². The molecule has 0 spiro atoms. The van der Waals surface area contributed by atoms with E-state index in [9.17, 15) is 0 Å². The van der Waals surface area contributed by atoms with Gasteiger partial charge in [-0.05, 0) is 31.9 Å². The van der Waals surface area contributed by atoms with E-state index in [0.29, 0.717) is 13.2 Å². The van der Waals surface area contributed by atoms with E-state index < -0.39 is 0 Å². The van der Waals surface area contributed by atoms with Gasteiger partial charge in [-0.15, -0.1) is 0 Å². The molecule has 0 aromatic carbocycles. The first kappa shape index (κ1) is 16.1. The lowest BCUT2D eigenvalue weighted by atomic mass is 10.1. The van der Waals surface area contributed by atoms with Gasteiger partial charge >= 0.3 is 0 Å². The average molecular weight is 266 g/mol. The summed E-state index contributed by atoms with van der Waals surface area (Å²) in [4.78, 5) is 4.41. The second-order valence-corrected chi connectivity index (χ2v) is 4.27. The minimum absolute atomic E-state index is 0.100. The summed E-state index contributed by atoms with van der Waals surface area (Å²) in [6, 6.07) is 4.12. The molecule has 1 aromatic heterocycles. The van der Waals surface area contributed by atoms with Gasteiger partial charge in [-0.3, -0.25) is 4.98 Å². The van der Waals surface area contributed by atoms with E-state index in [1.807, 2.05) is 26.1 Å². The molecule has 4 heteroatoms. The Balaban J connectivity index is 2.29. The predicted octanol–water partition coefficient (Wildman–Crippen LogP) is 2.52. The maximum atomic E-state index is 5.50. The van der Waals surface area contributed by atoms with Crippen molar-refractivity contribution >= 4 is 0 Å². The highest BCUT2D eigenvalue weighted by Gasteiger charge is 2.07. The van der Waals surface area contributed by atoms with Gasteiger partial charge in [0.05, 0.1) is 5.69 Å². The normalized spacial score (nSPS) is 11.2. The van der Waals surface area contributed by atoms with Crippen molar-refractivity contribution in [2.24, 2.45) is 0 Å². The Morgan fingerprint density at radius 1 is 1.21 bits per heavy atom. The van der Waals surface area contributed by atoms with Crippen LogP contribution in [0.4, 0.5) is 0 Å². The fourth-order valence-corrected chi connectivity index (χ4v) is 1.97. The summed E-state index contributed by atoms with van der Waals surface area (Å²) in [7, 11) is 0. The first-order valence-electron chi connectivity index (χ1n) is 7.18. The maximum Gasteiger partial charge on any atom is 0.158 e. The molecule has 108 valence electrons. The van der Waals surface area contributed by atoms with Crippen molar-refractivity contribution in [2.75, 3.05) is 19.8 Å². The number of aryl methyl sites for hydroxylation is 1. The molecule has 0 bridgehead atoms. The predicted molar refractivity (Wildman–Crippen MR) is 77.0 cm³/mol. The molecule has 0 aliphatic heterocycles. The van der Waals surface area contributed by atoms with Crippen LogP contribution in [0.1, 0.15) is 38.4 Å². The largest absolute Gasteiger partial charge is 0.353 e. The van der Waals surface area contributed by atoms with Crippen molar-refractivity contribution in [3.8, 4) is 0 Å². The van der Waals surface area contributed by atoms with Crippen molar-refractivity contribution < 1.29 is 9.47 Å². The number of nitrogens with one attached hydrogen (secondary N) is 1. The lowest BCUT2D eigenvalue weighted by Crippen LogP contribution is -2.25. The Bertz CT molecular complexity index is 339. The van der Waals surface area contributed by atoms with Gasteiger partial charge in [0.25, 0.3) is 0 Å². The summed E-state index contributed by atoms with van der Waals surface area (Å²) in [6.07, 6.45) is 3.62. The third-order valence-corrected chi connectivity index (χ3v) is 2.92. The van der Waals surface area contributed by atoms with Crippen LogP contribution in [0.3, 0.4) is 0 Å². The van der Waals surface area contributed by atoms with Crippen LogP contribution < -0.4 is 5.32 Å². The number of hydrogen-bond acceptors (Lipinski definition) is 4. The van der Waals surface area contributed by atoms with Crippen molar-refractivity contribution in [1.29, 1.82) is 0 Å². The zero-order valence-corrected chi connectivity index (χ0v) is 12.3. The number of ether oxygens (including phenoxy) is 2. The molecule has 0 aliphatic carbocycles. The first-order chi connectivity index (χ1) is 9.31. The quantitative estimate of drug-likeness (QED) is 0.522. The lowest BCUT2D eigenvalue weighted by Gasteiger charge is -2.17. The Morgan fingerprint density at radius 3 is 2.58 bits per heavy atom. The van der Waals surface area contributed by atoms with Crippen LogP contribution in [0.5, 0.6) is 0 Å². The van der Waals surface area contributed by atoms with Crippen molar-refractivity contribution in [3.05, 3.63) is 29.6 Å². The standard InChI is InChI=1S/C15H26N2O2/c1-4-13-8-7-10-17-14(13)12-16-11-9-15(18-5-2)19-6-3/h7-8,10,15-16H,4-6,9,11-12H2,1-3H3. The van der Waals surface area contributed by atoms with Crippen LogP contribution in [-0.4, -0.2) is 31.0 Å². The van der Waals surface area contributed by atoms with Crippen LogP contribution >= 0.6 is 0 Å². The fourth-order valence-electron chi connectivity index (χ4n) is 1.97. The van der Waals surface area contributed by atoms with Crippen LogP contribution in [0.25, 0.3) is 0 Å². The molecule has 0 amide bonds.